The van der Waals surface area contributed by atoms with E-state index in [-0.39, 0.29) is 17.0 Å². The van der Waals surface area contributed by atoms with Crippen LogP contribution in [0.15, 0.2) is 30.4 Å². The zero-order valence-electron chi connectivity index (χ0n) is 10.4. The standard InChI is InChI=1S/C13H15NO4/c1-4-9(2)8-18-13-6-5-11(14(16)17)7-12(13)10(3)15/h5-7H,2,4,8H2,1,3H3. The molecule has 0 atom stereocenters. The molecule has 0 aromatic heterocycles. The van der Waals surface area contributed by atoms with Crippen LogP contribution in [0.1, 0.15) is 30.6 Å². The van der Waals surface area contributed by atoms with Crippen molar-refractivity contribution in [1.29, 1.82) is 0 Å². The minimum absolute atomic E-state index is 0.123. The van der Waals surface area contributed by atoms with Crippen LogP contribution in [-0.4, -0.2) is 17.3 Å². The minimum atomic E-state index is -0.540. The van der Waals surface area contributed by atoms with Crippen molar-refractivity contribution < 1.29 is 14.5 Å². The maximum atomic E-state index is 11.4. The van der Waals surface area contributed by atoms with Gasteiger partial charge in [0.25, 0.3) is 5.69 Å². The van der Waals surface area contributed by atoms with E-state index in [1.165, 1.54) is 25.1 Å². The van der Waals surface area contributed by atoms with Gasteiger partial charge in [-0.3, -0.25) is 14.9 Å². The van der Waals surface area contributed by atoms with Crippen molar-refractivity contribution >= 4 is 11.5 Å². The summed E-state index contributed by atoms with van der Waals surface area (Å²) in [6.45, 7) is 7.39. The molecule has 0 fully saturated rings. The van der Waals surface area contributed by atoms with Gasteiger partial charge in [-0.15, -0.1) is 0 Å². The van der Waals surface area contributed by atoms with Crippen molar-refractivity contribution in [1.82, 2.24) is 0 Å². The maximum Gasteiger partial charge on any atom is 0.270 e. The van der Waals surface area contributed by atoms with Gasteiger partial charge < -0.3 is 4.74 Å². The highest BCUT2D eigenvalue weighted by atomic mass is 16.6. The Balaban J connectivity index is 3.00. The molecule has 0 aliphatic rings. The number of hydrogen-bond donors (Lipinski definition) is 0. The van der Waals surface area contributed by atoms with Gasteiger partial charge in [0.05, 0.1) is 10.5 Å². The predicted octanol–water partition coefficient (Wildman–Crippen LogP) is 3.14. The molecule has 0 heterocycles. The van der Waals surface area contributed by atoms with E-state index in [0.717, 1.165) is 12.0 Å². The summed E-state index contributed by atoms with van der Waals surface area (Å²) in [6, 6.07) is 3.99. The summed E-state index contributed by atoms with van der Waals surface area (Å²) in [7, 11) is 0. The first-order valence-electron chi connectivity index (χ1n) is 5.54. The molecule has 0 radical (unpaired) electrons. The van der Waals surface area contributed by atoms with Crippen molar-refractivity contribution in [3.05, 3.63) is 46.0 Å². The molecule has 0 unspecified atom stereocenters. The van der Waals surface area contributed by atoms with Gasteiger partial charge in [0.2, 0.25) is 0 Å². The molecule has 5 nitrogen and oxygen atoms in total. The Morgan fingerprint density at radius 3 is 2.67 bits per heavy atom. The first-order valence-corrected chi connectivity index (χ1v) is 5.54. The zero-order valence-corrected chi connectivity index (χ0v) is 10.4. The molecule has 0 spiro atoms. The lowest BCUT2D eigenvalue weighted by molar-refractivity contribution is -0.384. The van der Waals surface area contributed by atoms with Crippen LogP contribution in [-0.2, 0) is 0 Å². The summed E-state index contributed by atoms with van der Waals surface area (Å²) < 4.78 is 5.44. The van der Waals surface area contributed by atoms with Crippen molar-refractivity contribution in [2.75, 3.05) is 6.61 Å². The number of Topliss-reactive ketones (excluding diaryl/α,β-unsaturated/α-hetero) is 1. The highest BCUT2D eigenvalue weighted by Crippen LogP contribution is 2.25. The number of carbonyl (C=O) groups excluding carboxylic acids is 1. The van der Waals surface area contributed by atoms with Crippen molar-refractivity contribution in [3.63, 3.8) is 0 Å². The van der Waals surface area contributed by atoms with Crippen LogP contribution in [0.2, 0.25) is 0 Å². The Morgan fingerprint density at radius 2 is 2.17 bits per heavy atom. The third-order valence-electron chi connectivity index (χ3n) is 2.49. The Hall–Kier alpha value is -2.17. The summed E-state index contributed by atoms with van der Waals surface area (Å²) in [5.74, 6) is 0.0820. The average Bonchev–Trinajstić information content (AvgIpc) is 2.35. The molecule has 0 N–H and O–H groups in total. The SMILES string of the molecule is C=C(CC)COc1ccc([N+](=O)[O-])cc1C(C)=O. The second-order valence-electron chi connectivity index (χ2n) is 3.89. The highest BCUT2D eigenvalue weighted by Gasteiger charge is 2.15. The zero-order chi connectivity index (χ0) is 13.7. The monoisotopic (exact) mass is 249 g/mol. The summed E-state index contributed by atoms with van der Waals surface area (Å²) in [5.41, 5.74) is 0.984. The number of rotatable bonds is 6. The molecule has 0 aliphatic carbocycles. The van der Waals surface area contributed by atoms with Gasteiger partial charge in [0.15, 0.2) is 5.78 Å². The van der Waals surface area contributed by atoms with Gasteiger partial charge in [-0.1, -0.05) is 13.5 Å². The van der Waals surface area contributed by atoms with E-state index in [4.69, 9.17) is 4.74 Å². The van der Waals surface area contributed by atoms with Gasteiger partial charge >= 0.3 is 0 Å². The normalized spacial score (nSPS) is 9.89. The third kappa shape index (κ3) is 3.41. The van der Waals surface area contributed by atoms with E-state index in [9.17, 15) is 14.9 Å². The second-order valence-corrected chi connectivity index (χ2v) is 3.89. The molecule has 5 heteroatoms. The van der Waals surface area contributed by atoms with Crippen LogP contribution in [0.3, 0.4) is 0 Å². The summed E-state index contributed by atoms with van der Waals surface area (Å²) in [5, 5.41) is 10.6. The molecule has 18 heavy (non-hydrogen) atoms. The first-order chi connectivity index (χ1) is 8.45. The van der Waals surface area contributed by atoms with Crippen LogP contribution in [0.5, 0.6) is 5.75 Å². The van der Waals surface area contributed by atoms with Crippen LogP contribution < -0.4 is 4.74 Å². The Kier molecular flexibility index (Phi) is 4.59. The van der Waals surface area contributed by atoms with Crippen LogP contribution in [0.4, 0.5) is 5.69 Å². The lowest BCUT2D eigenvalue weighted by Gasteiger charge is -2.10. The van der Waals surface area contributed by atoms with Gasteiger partial charge in [0, 0.05) is 12.1 Å². The molecule has 1 aromatic rings. The number of nitrogens with zero attached hydrogens (tertiary/aromatic N) is 1. The van der Waals surface area contributed by atoms with Crippen molar-refractivity contribution in [3.8, 4) is 5.75 Å². The van der Waals surface area contributed by atoms with Crippen LogP contribution in [0, 0.1) is 10.1 Å². The largest absolute Gasteiger partial charge is 0.488 e. The molecule has 1 rings (SSSR count). The number of benzene rings is 1. The Bertz CT molecular complexity index is 494. The van der Waals surface area contributed by atoms with Crippen LogP contribution in [0.25, 0.3) is 0 Å². The lowest BCUT2D eigenvalue weighted by atomic mass is 10.1. The van der Waals surface area contributed by atoms with Gasteiger partial charge in [0.1, 0.15) is 12.4 Å². The van der Waals surface area contributed by atoms with Crippen molar-refractivity contribution in [2.45, 2.75) is 20.3 Å². The van der Waals surface area contributed by atoms with Gasteiger partial charge in [-0.25, -0.2) is 0 Å². The van der Waals surface area contributed by atoms with E-state index in [1.807, 2.05) is 6.92 Å². The van der Waals surface area contributed by atoms with E-state index >= 15 is 0 Å². The fraction of sp³-hybridized carbons (Fsp3) is 0.308. The average molecular weight is 249 g/mol. The van der Waals surface area contributed by atoms with E-state index in [1.54, 1.807) is 0 Å². The third-order valence-corrected chi connectivity index (χ3v) is 2.49. The molecule has 96 valence electrons. The smallest absolute Gasteiger partial charge is 0.270 e. The maximum absolute atomic E-state index is 11.4. The first kappa shape index (κ1) is 13.9. The number of ketones is 1. The van der Waals surface area contributed by atoms with Crippen molar-refractivity contribution in [2.24, 2.45) is 0 Å². The summed E-state index contributed by atoms with van der Waals surface area (Å²) >= 11 is 0. The summed E-state index contributed by atoms with van der Waals surface area (Å²) in [6.07, 6.45) is 0.780. The number of carbonyl (C=O) groups is 1. The Morgan fingerprint density at radius 1 is 1.50 bits per heavy atom. The molecule has 1 aromatic carbocycles. The molecular weight excluding hydrogens is 234 g/mol. The van der Waals surface area contributed by atoms with Gasteiger partial charge in [-0.2, -0.15) is 0 Å². The molecule has 0 bridgehead atoms. The topological polar surface area (TPSA) is 69.4 Å². The number of nitro benzene ring substituents is 1. The summed E-state index contributed by atoms with van der Waals surface area (Å²) in [4.78, 5) is 21.5. The minimum Gasteiger partial charge on any atom is -0.488 e. The quantitative estimate of drug-likeness (QED) is 0.336. The van der Waals surface area contributed by atoms with Gasteiger partial charge in [-0.05, 0) is 25.0 Å². The van der Waals surface area contributed by atoms with E-state index < -0.39 is 4.92 Å². The molecule has 0 saturated heterocycles. The Labute approximate surface area is 105 Å². The number of ether oxygens (including phenoxy) is 1. The second kappa shape index (κ2) is 5.95. The number of non-ortho nitro benzene ring substituents is 1. The molecule has 0 saturated carbocycles. The number of nitro groups is 1. The number of hydrogen-bond acceptors (Lipinski definition) is 4. The fourth-order valence-corrected chi connectivity index (χ4v) is 1.31. The highest BCUT2D eigenvalue weighted by molar-refractivity contribution is 5.97. The lowest BCUT2D eigenvalue weighted by Crippen LogP contribution is -2.05. The van der Waals surface area contributed by atoms with E-state index in [0.29, 0.717) is 12.4 Å². The van der Waals surface area contributed by atoms with E-state index in [2.05, 4.69) is 6.58 Å². The van der Waals surface area contributed by atoms with Crippen LogP contribution >= 0.6 is 0 Å². The molecular formula is C13H15NO4. The fourth-order valence-electron chi connectivity index (χ4n) is 1.31. The molecule has 0 aliphatic heterocycles. The molecule has 0 amide bonds. The predicted molar refractivity (Wildman–Crippen MR) is 68.0 cm³/mol.